The zero-order chi connectivity index (χ0) is 21.4. The Labute approximate surface area is 166 Å². The van der Waals surface area contributed by atoms with E-state index in [9.17, 15) is 36.2 Å². The smallest absolute Gasteiger partial charge is 0.369 e. The maximum Gasteiger partial charge on any atom is 0.430 e. The first-order valence-corrected chi connectivity index (χ1v) is 9.68. The number of fused-ring (bicyclic) bond motifs is 1. The van der Waals surface area contributed by atoms with Crippen molar-refractivity contribution in [3.05, 3.63) is 51.7 Å². The lowest BCUT2D eigenvalue weighted by atomic mass is 9.89. The van der Waals surface area contributed by atoms with Crippen LogP contribution >= 0.6 is 11.3 Å². The molecule has 1 aliphatic rings. The van der Waals surface area contributed by atoms with Gasteiger partial charge in [0.05, 0.1) is 0 Å². The molecule has 0 saturated heterocycles. The van der Waals surface area contributed by atoms with Crippen LogP contribution in [0.2, 0.25) is 0 Å². The quantitative estimate of drug-likeness (QED) is 0.532. The number of nitrogens with zero attached hydrogens (tertiary/aromatic N) is 1. The molecule has 2 aromatic rings. The predicted molar refractivity (Wildman–Crippen MR) is 95.9 cm³/mol. The summed E-state index contributed by atoms with van der Waals surface area (Å²) in [5.41, 5.74) is -4.93. The first kappa shape index (κ1) is 21.6. The molecule has 0 bridgehead atoms. The van der Waals surface area contributed by atoms with Crippen molar-refractivity contribution in [3.63, 3.8) is 0 Å². The van der Waals surface area contributed by atoms with Gasteiger partial charge in [-0.1, -0.05) is 12.1 Å². The van der Waals surface area contributed by atoms with Gasteiger partial charge in [-0.2, -0.15) is 37.7 Å². The van der Waals surface area contributed by atoms with E-state index in [4.69, 9.17) is 0 Å². The number of alkyl halides is 6. The number of rotatable bonds is 4. The second kappa shape index (κ2) is 7.64. The fourth-order valence-electron chi connectivity index (χ4n) is 3.56. The Bertz CT molecular complexity index is 849. The van der Waals surface area contributed by atoms with Crippen LogP contribution in [0, 0.1) is 0 Å². The number of carbonyl (C=O) groups excluding carboxylic acids is 1. The van der Waals surface area contributed by atoms with Gasteiger partial charge < -0.3 is 14.8 Å². The van der Waals surface area contributed by atoms with Gasteiger partial charge in [0, 0.05) is 17.8 Å². The van der Waals surface area contributed by atoms with E-state index in [0.29, 0.717) is 43.0 Å². The third kappa shape index (κ3) is 3.75. The molecule has 29 heavy (non-hydrogen) atoms. The molecule has 1 unspecified atom stereocenters. The summed E-state index contributed by atoms with van der Waals surface area (Å²) in [6.07, 6.45) is -9.80. The summed E-state index contributed by atoms with van der Waals surface area (Å²) in [7, 11) is 0. The van der Waals surface area contributed by atoms with Gasteiger partial charge in [-0.25, -0.2) is 0 Å². The average Bonchev–Trinajstić information content (AvgIpc) is 3.08. The number of aryl methyl sites for hydroxylation is 1. The summed E-state index contributed by atoms with van der Waals surface area (Å²) in [5.74, 6) is 0. The summed E-state index contributed by atoms with van der Waals surface area (Å²) in [4.78, 5) is 13.4. The Balaban J connectivity index is 2.10. The van der Waals surface area contributed by atoms with Crippen LogP contribution in [0.15, 0.2) is 35.0 Å². The highest BCUT2D eigenvalue weighted by atomic mass is 32.1. The van der Waals surface area contributed by atoms with E-state index in [2.05, 4.69) is 0 Å². The summed E-state index contributed by atoms with van der Waals surface area (Å²) >= 11 is 1.38. The third-order valence-electron chi connectivity index (χ3n) is 5.07. The molecule has 3 rings (SSSR count). The average molecular weight is 437 g/mol. The Morgan fingerprint density at radius 3 is 2.31 bits per heavy atom. The molecule has 10 heteroatoms. The zero-order valence-electron chi connectivity index (χ0n) is 14.9. The molecule has 0 radical (unpaired) electrons. The van der Waals surface area contributed by atoms with Crippen LogP contribution < -0.4 is 4.90 Å². The fraction of sp³-hybridized carbons (Fsp3) is 0.421. The number of halogens is 6. The van der Waals surface area contributed by atoms with Crippen LogP contribution in [-0.2, 0) is 16.8 Å². The van der Waals surface area contributed by atoms with E-state index in [0.717, 1.165) is 12.1 Å². The van der Waals surface area contributed by atoms with Gasteiger partial charge in [-0.3, -0.25) is 0 Å². The molecule has 0 fully saturated rings. The van der Waals surface area contributed by atoms with E-state index in [1.807, 2.05) is 0 Å². The molecule has 0 saturated carbocycles. The van der Waals surface area contributed by atoms with E-state index < -0.39 is 29.6 Å². The lowest BCUT2D eigenvalue weighted by Gasteiger charge is -2.34. The van der Waals surface area contributed by atoms with E-state index >= 15 is 0 Å². The van der Waals surface area contributed by atoms with Gasteiger partial charge in [0.15, 0.2) is 0 Å². The molecule has 0 aliphatic carbocycles. The van der Waals surface area contributed by atoms with Crippen LogP contribution in [0.4, 0.5) is 32.0 Å². The largest absolute Gasteiger partial charge is 0.430 e. The number of aliphatic hydroxyl groups is 1. The molecular formula is C19H17F6NO2S. The lowest BCUT2D eigenvalue weighted by molar-refractivity contribution is -0.376. The Hall–Kier alpha value is -2.07. The molecule has 1 aromatic heterocycles. The number of hydrogen-bond acceptors (Lipinski definition) is 4. The summed E-state index contributed by atoms with van der Waals surface area (Å²) in [6.45, 7) is 0.425. The number of aldehydes is 1. The van der Waals surface area contributed by atoms with Gasteiger partial charge in [-0.05, 0) is 53.3 Å². The Kier molecular flexibility index (Phi) is 5.70. The second-order valence-electron chi connectivity index (χ2n) is 6.84. The maximum absolute atomic E-state index is 13.2. The minimum absolute atomic E-state index is 0.231. The summed E-state index contributed by atoms with van der Waals surface area (Å²) in [5, 5.41) is 13.2. The molecule has 1 atom stereocenters. The molecule has 3 nitrogen and oxygen atoms in total. The van der Waals surface area contributed by atoms with E-state index in [-0.39, 0.29) is 12.0 Å². The van der Waals surface area contributed by atoms with Crippen molar-refractivity contribution in [3.8, 4) is 0 Å². The Morgan fingerprint density at radius 1 is 1.07 bits per heavy atom. The molecule has 0 spiro atoms. The van der Waals surface area contributed by atoms with Crippen LogP contribution in [0.3, 0.4) is 0 Å². The van der Waals surface area contributed by atoms with Crippen LogP contribution in [0.5, 0.6) is 0 Å². The monoisotopic (exact) mass is 437 g/mol. The van der Waals surface area contributed by atoms with Crippen molar-refractivity contribution < 1.29 is 36.2 Å². The van der Waals surface area contributed by atoms with Gasteiger partial charge in [0.1, 0.15) is 12.3 Å². The molecule has 158 valence electrons. The van der Waals surface area contributed by atoms with Crippen molar-refractivity contribution in [1.82, 2.24) is 0 Å². The molecule has 1 aromatic carbocycles. The van der Waals surface area contributed by atoms with Crippen molar-refractivity contribution >= 4 is 23.3 Å². The van der Waals surface area contributed by atoms with Gasteiger partial charge >= 0.3 is 12.4 Å². The van der Waals surface area contributed by atoms with Crippen LogP contribution in [0.25, 0.3) is 0 Å². The van der Waals surface area contributed by atoms with Gasteiger partial charge in [0.25, 0.3) is 5.60 Å². The highest BCUT2D eigenvalue weighted by molar-refractivity contribution is 7.08. The van der Waals surface area contributed by atoms with Crippen molar-refractivity contribution in [2.75, 3.05) is 11.4 Å². The highest BCUT2D eigenvalue weighted by Crippen LogP contribution is 2.51. The first-order chi connectivity index (χ1) is 13.5. The van der Waals surface area contributed by atoms with Crippen molar-refractivity contribution in [1.29, 1.82) is 0 Å². The fourth-order valence-corrected chi connectivity index (χ4v) is 4.25. The van der Waals surface area contributed by atoms with Crippen LogP contribution in [-0.4, -0.2) is 30.3 Å². The number of carbonyl (C=O) groups is 1. The molecule has 1 N–H and O–H groups in total. The normalized spacial score (nSPS) is 16.9. The van der Waals surface area contributed by atoms with Crippen molar-refractivity contribution in [2.45, 2.75) is 43.3 Å². The third-order valence-corrected chi connectivity index (χ3v) is 5.77. The highest BCUT2D eigenvalue weighted by Gasteiger charge is 2.71. The Morgan fingerprint density at radius 2 is 1.76 bits per heavy atom. The zero-order valence-corrected chi connectivity index (χ0v) is 15.7. The second-order valence-corrected chi connectivity index (χ2v) is 7.62. The van der Waals surface area contributed by atoms with Gasteiger partial charge in [0.2, 0.25) is 0 Å². The maximum atomic E-state index is 13.2. The molecule has 0 amide bonds. The number of hydrogen-bond donors (Lipinski definition) is 1. The van der Waals surface area contributed by atoms with Crippen molar-refractivity contribution in [2.24, 2.45) is 0 Å². The van der Waals surface area contributed by atoms with Crippen LogP contribution in [0.1, 0.15) is 35.6 Å². The SMILES string of the molecule is O=CC(c1ccsc1)N1CCCCc2cc(C(O)(C(F)(F)F)C(F)(F)F)ccc21. The predicted octanol–water partition coefficient (Wildman–Crippen LogP) is 5.14. The van der Waals surface area contributed by atoms with Gasteiger partial charge in [-0.15, -0.1) is 0 Å². The molecular weight excluding hydrogens is 420 g/mol. The minimum atomic E-state index is -5.94. The standard InChI is InChI=1S/C19H17F6NO2S/c20-18(21,22)17(28,19(23,24)25)14-4-5-15-12(9-14)3-1-2-7-26(15)16(10-27)13-6-8-29-11-13/h4-6,8-11,16,28H,1-3,7H2. The first-order valence-electron chi connectivity index (χ1n) is 8.74. The topological polar surface area (TPSA) is 40.5 Å². The molecule has 2 heterocycles. The number of anilines is 1. The lowest BCUT2D eigenvalue weighted by Crippen LogP contribution is -2.54. The summed E-state index contributed by atoms with van der Waals surface area (Å²) < 4.78 is 79.3. The molecule has 1 aliphatic heterocycles. The summed E-state index contributed by atoms with van der Waals surface area (Å²) in [6, 6.07) is 3.56. The minimum Gasteiger partial charge on any atom is -0.369 e. The van der Waals surface area contributed by atoms with E-state index in [1.165, 1.54) is 11.3 Å². The van der Waals surface area contributed by atoms with E-state index in [1.54, 1.807) is 21.7 Å². The number of benzene rings is 1. The number of thiophene rings is 1.